The molecule has 0 spiro atoms. The average Bonchev–Trinajstić information content (AvgIpc) is 3.11. The summed E-state index contributed by atoms with van der Waals surface area (Å²) in [7, 11) is 0. The molecule has 1 aromatic carbocycles. The van der Waals surface area contributed by atoms with Crippen LogP contribution in [0.4, 0.5) is 10.5 Å². The Morgan fingerprint density at radius 3 is 3.12 bits per heavy atom. The van der Waals surface area contributed by atoms with Crippen molar-refractivity contribution in [2.45, 2.75) is 37.1 Å². The van der Waals surface area contributed by atoms with Gasteiger partial charge in [0.2, 0.25) is 0 Å². The lowest BCUT2D eigenvalue weighted by molar-refractivity contribution is 0.252. The Bertz CT molecular complexity index is 720. The molecular formula is C16H20N4O2S2. The average molecular weight is 364 g/mol. The van der Waals surface area contributed by atoms with Crippen LogP contribution in [0.25, 0.3) is 0 Å². The van der Waals surface area contributed by atoms with Gasteiger partial charge in [-0.15, -0.1) is 10.2 Å². The van der Waals surface area contributed by atoms with Crippen LogP contribution in [0.2, 0.25) is 0 Å². The van der Waals surface area contributed by atoms with Crippen molar-refractivity contribution in [3.8, 4) is 5.75 Å². The number of amides is 2. The summed E-state index contributed by atoms with van der Waals surface area (Å²) in [6.07, 6.45) is 1.97. The topological polar surface area (TPSA) is 76.1 Å². The Balaban J connectivity index is 1.36. The number of carbonyl (C=O) groups excluding carboxylic acids is 1. The van der Waals surface area contributed by atoms with Crippen molar-refractivity contribution in [2.75, 3.05) is 17.6 Å². The lowest BCUT2D eigenvalue weighted by Crippen LogP contribution is -2.29. The molecule has 0 saturated heterocycles. The molecule has 0 unspecified atom stereocenters. The number of hydrogen-bond donors (Lipinski definition) is 2. The van der Waals surface area contributed by atoms with Gasteiger partial charge in [0.05, 0.1) is 0 Å². The predicted molar refractivity (Wildman–Crippen MR) is 97.2 cm³/mol. The second-order valence-corrected chi connectivity index (χ2v) is 8.15. The summed E-state index contributed by atoms with van der Waals surface area (Å²) in [5.74, 6) is 1.82. The summed E-state index contributed by atoms with van der Waals surface area (Å²) in [5, 5.41) is 14.8. The maximum Gasteiger partial charge on any atom is 0.319 e. The number of hydrogen-bond acceptors (Lipinski definition) is 6. The fourth-order valence-electron chi connectivity index (χ4n) is 2.45. The molecule has 2 N–H and O–H groups in total. The van der Waals surface area contributed by atoms with E-state index in [-0.39, 0.29) is 12.1 Å². The van der Waals surface area contributed by atoms with Gasteiger partial charge >= 0.3 is 6.03 Å². The highest BCUT2D eigenvalue weighted by atomic mass is 32.2. The summed E-state index contributed by atoms with van der Waals surface area (Å²) in [6.45, 7) is 4.61. The van der Waals surface area contributed by atoms with Crippen LogP contribution in [0.15, 0.2) is 22.5 Å². The minimum atomic E-state index is -0.182. The fourth-order valence-corrected chi connectivity index (χ4v) is 4.27. The number of thioether (sulfide) groups is 1. The largest absolute Gasteiger partial charge is 0.490 e. The smallest absolute Gasteiger partial charge is 0.319 e. The second-order valence-electron chi connectivity index (χ2n) is 5.62. The van der Waals surface area contributed by atoms with Gasteiger partial charge in [-0.05, 0) is 44.0 Å². The molecule has 0 aliphatic carbocycles. The van der Waals surface area contributed by atoms with Gasteiger partial charge in [-0.25, -0.2) is 4.79 Å². The van der Waals surface area contributed by atoms with Crippen LogP contribution >= 0.6 is 23.1 Å². The fraction of sp³-hybridized carbons (Fsp3) is 0.438. The third-order valence-corrected chi connectivity index (χ3v) is 5.55. The van der Waals surface area contributed by atoms with Crippen LogP contribution in [-0.4, -0.2) is 34.6 Å². The minimum absolute atomic E-state index is 0.182. The van der Waals surface area contributed by atoms with E-state index in [4.69, 9.17) is 4.74 Å². The van der Waals surface area contributed by atoms with Crippen molar-refractivity contribution in [3.05, 3.63) is 28.8 Å². The number of anilines is 1. The number of urea groups is 1. The van der Waals surface area contributed by atoms with Gasteiger partial charge in [-0.3, -0.25) is 0 Å². The molecule has 3 rings (SSSR count). The minimum Gasteiger partial charge on any atom is -0.490 e. The lowest BCUT2D eigenvalue weighted by atomic mass is 10.1. The summed E-state index contributed by atoms with van der Waals surface area (Å²) in [4.78, 5) is 11.9. The molecular weight excluding hydrogens is 344 g/mol. The first kappa shape index (κ1) is 17.0. The van der Waals surface area contributed by atoms with Gasteiger partial charge in [-0.1, -0.05) is 23.1 Å². The number of aryl methyl sites for hydroxylation is 1. The summed E-state index contributed by atoms with van der Waals surface area (Å²) in [5.41, 5.74) is 1.94. The Labute approximate surface area is 149 Å². The van der Waals surface area contributed by atoms with Gasteiger partial charge in [0.25, 0.3) is 0 Å². The zero-order chi connectivity index (χ0) is 16.9. The third kappa shape index (κ3) is 4.61. The third-order valence-electron chi connectivity index (χ3n) is 3.49. The van der Waals surface area contributed by atoms with Crippen LogP contribution in [0.1, 0.15) is 23.9 Å². The van der Waals surface area contributed by atoms with Gasteiger partial charge in [0.1, 0.15) is 16.9 Å². The van der Waals surface area contributed by atoms with Crippen LogP contribution in [0.3, 0.4) is 0 Å². The monoisotopic (exact) mass is 364 g/mol. The zero-order valence-electron chi connectivity index (χ0n) is 13.7. The molecule has 1 aliphatic rings. The summed E-state index contributed by atoms with van der Waals surface area (Å²) < 4.78 is 6.64. The molecule has 128 valence electrons. The number of nitrogens with one attached hydrogen (secondary N) is 2. The Morgan fingerprint density at radius 1 is 1.46 bits per heavy atom. The molecule has 6 nitrogen and oxygen atoms in total. The maximum absolute atomic E-state index is 11.9. The standard InChI is InChI=1S/C16H20N4O2S2/c1-10-8-12-9-13(4-5-14(12)22-10)18-15(21)17-6-3-7-23-16-20-19-11(2)24-16/h4-5,9-10H,3,6-8H2,1-2H3,(H2,17,18,21)/t10-/m1/s1. The molecule has 1 aliphatic heterocycles. The van der Waals surface area contributed by atoms with Gasteiger partial charge < -0.3 is 15.4 Å². The first-order valence-electron chi connectivity index (χ1n) is 7.87. The van der Waals surface area contributed by atoms with Crippen molar-refractivity contribution < 1.29 is 9.53 Å². The molecule has 24 heavy (non-hydrogen) atoms. The molecule has 2 aromatic rings. The Morgan fingerprint density at radius 2 is 2.33 bits per heavy atom. The van der Waals surface area contributed by atoms with Crippen LogP contribution in [-0.2, 0) is 6.42 Å². The van der Waals surface area contributed by atoms with E-state index in [2.05, 4.69) is 20.8 Å². The second kappa shape index (κ2) is 7.85. The number of aromatic nitrogens is 2. The highest BCUT2D eigenvalue weighted by Gasteiger charge is 2.19. The van der Waals surface area contributed by atoms with Crippen LogP contribution in [0, 0.1) is 6.92 Å². The molecule has 0 bridgehead atoms. The van der Waals surface area contributed by atoms with E-state index >= 15 is 0 Å². The maximum atomic E-state index is 11.9. The van der Waals surface area contributed by atoms with Crippen LogP contribution < -0.4 is 15.4 Å². The molecule has 0 fully saturated rings. The zero-order valence-corrected chi connectivity index (χ0v) is 15.3. The quantitative estimate of drug-likeness (QED) is 0.606. The first-order chi connectivity index (χ1) is 11.6. The van der Waals surface area contributed by atoms with Crippen molar-refractivity contribution in [2.24, 2.45) is 0 Å². The highest BCUT2D eigenvalue weighted by molar-refractivity contribution is 8.01. The molecule has 0 saturated carbocycles. The normalized spacial score (nSPS) is 15.7. The molecule has 0 radical (unpaired) electrons. The Kier molecular flexibility index (Phi) is 5.57. The molecule has 1 aromatic heterocycles. The summed E-state index contributed by atoms with van der Waals surface area (Å²) in [6, 6.07) is 5.57. The van der Waals surface area contributed by atoms with E-state index in [9.17, 15) is 4.79 Å². The van der Waals surface area contributed by atoms with Gasteiger partial charge in [0.15, 0.2) is 4.34 Å². The van der Waals surface area contributed by atoms with Gasteiger partial charge in [-0.2, -0.15) is 0 Å². The molecule has 1 atom stereocenters. The van der Waals surface area contributed by atoms with Crippen molar-refractivity contribution in [1.29, 1.82) is 0 Å². The van der Waals surface area contributed by atoms with Crippen molar-refractivity contribution in [1.82, 2.24) is 15.5 Å². The number of ether oxygens (including phenoxy) is 1. The number of fused-ring (bicyclic) bond motifs is 1. The van der Waals surface area contributed by atoms with E-state index in [1.54, 1.807) is 23.1 Å². The highest BCUT2D eigenvalue weighted by Crippen LogP contribution is 2.30. The number of benzene rings is 1. The van der Waals surface area contributed by atoms with Gasteiger partial charge in [0, 0.05) is 24.4 Å². The van der Waals surface area contributed by atoms with E-state index < -0.39 is 0 Å². The Hall–Kier alpha value is -1.80. The molecule has 2 amide bonds. The SMILES string of the molecule is Cc1nnc(SCCCNC(=O)Nc2ccc3c(c2)C[C@@H](C)O3)s1. The lowest BCUT2D eigenvalue weighted by Gasteiger charge is -2.08. The number of rotatable bonds is 6. The first-order valence-corrected chi connectivity index (χ1v) is 9.68. The van der Waals surface area contributed by atoms with Crippen molar-refractivity contribution >= 4 is 34.8 Å². The number of nitrogens with zero attached hydrogens (tertiary/aromatic N) is 2. The van der Waals surface area contributed by atoms with E-state index in [1.807, 2.05) is 32.0 Å². The van der Waals surface area contributed by atoms with Crippen LogP contribution in [0.5, 0.6) is 5.75 Å². The van der Waals surface area contributed by atoms with E-state index in [0.29, 0.717) is 6.54 Å². The molecule has 8 heteroatoms. The predicted octanol–water partition coefficient (Wildman–Crippen LogP) is 3.47. The summed E-state index contributed by atoms with van der Waals surface area (Å²) >= 11 is 3.26. The number of carbonyl (C=O) groups is 1. The van der Waals surface area contributed by atoms with Crippen molar-refractivity contribution in [3.63, 3.8) is 0 Å². The van der Waals surface area contributed by atoms with E-state index in [0.717, 1.165) is 44.9 Å². The molecule has 2 heterocycles. The van der Waals surface area contributed by atoms with E-state index in [1.165, 1.54) is 0 Å².